The van der Waals surface area contributed by atoms with E-state index in [2.05, 4.69) is 35.5 Å². The van der Waals surface area contributed by atoms with Gasteiger partial charge in [0.05, 0.1) is 5.60 Å². The van der Waals surface area contributed by atoms with E-state index >= 15 is 0 Å². The first-order valence-electron chi connectivity index (χ1n) is 4.69. The lowest BCUT2D eigenvalue weighted by molar-refractivity contribution is -0.0188. The van der Waals surface area contributed by atoms with E-state index in [-0.39, 0.29) is 5.60 Å². The Labute approximate surface area is 70.9 Å². The molecule has 64 valence electrons. The minimum Gasteiger partial charge on any atom is -0.381 e. The molecule has 1 rings (SSSR count). The fraction of sp³-hybridized carbons (Fsp3) is 1.00. The van der Waals surface area contributed by atoms with Crippen molar-refractivity contribution >= 4 is 7.85 Å². The molecule has 0 spiro atoms. The van der Waals surface area contributed by atoms with Crippen LogP contribution in [0.3, 0.4) is 0 Å². The van der Waals surface area contributed by atoms with Crippen LogP contribution in [0, 0.1) is 11.8 Å². The van der Waals surface area contributed by atoms with Gasteiger partial charge in [-0.05, 0) is 25.2 Å². The Morgan fingerprint density at radius 1 is 1.45 bits per heavy atom. The smallest absolute Gasteiger partial charge is 0.139 e. The second-order valence-corrected chi connectivity index (χ2v) is 4.14. The Hall–Kier alpha value is 0.0249. The first kappa shape index (κ1) is 9.12. The van der Waals surface area contributed by atoms with E-state index in [1.807, 2.05) is 0 Å². The van der Waals surface area contributed by atoms with Crippen molar-refractivity contribution in [2.24, 2.45) is 11.8 Å². The standard InChI is InChI=1S/C9H19BO/c1-5-9(4)7(3)6(2)8(10)11-9/h6-8H,5,10H2,1-4H3/t6?,7-,8-,9-/m1/s1. The van der Waals surface area contributed by atoms with Crippen LogP contribution in [-0.4, -0.2) is 19.5 Å². The van der Waals surface area contributed by atoms with Crippen LogP contribution in [0.1, 0.15) is 34.1 Å². The second-order valence-electron chi connectivity index (χ2n) is 4.14. The van der Waals surface area contributed by atoms with Gasteiger partial charge in [0.15, 0.2) is 0 Å². The van der Waals surface area contributed by atoms with Crippen molar-refractivity contribution in [3.63, 3.8) is 0 Å². The second kappa shape index (κ2) is 2.82. The minimum absolute atomic E-state index is 0.138. The summed E-state index contributed by atoms with van der Waals surface area (Å²) in [6.45, 7) is 9.03. The van der Waals surface area contributed by atoms with Gasteiger partial charge in [-0.15, -0.1) is 0 Å². The van der Waals surface area contributed by atoms with Crippen molar-refractivity contribution in [3.05, 3.63) is 0 Å². The van der Waals surface area contributed by atoms with E-state index in [9.17, 15) is 0 Å². The maximum Gasteiger partial charge on any atom is 0.139 e. The highest BCUT2D eigenvalue weighted by Crippen LogP contribution is 2.40. The van der Waals surface area contributed by atoms with Crippen molar-refractivity contribution in [1.82, 2.24) is 0 Å². The summed E-state index contributed by atoms with van der Waals surface area (Å²) in [5, 5.41) is 0. The maximum absolute atomic E-state index is 5.92. The molecule has 0 saturated carbocycles. The van der Waals surface area contributed by atoms with Gasteiger partial charge in [0.1, 0.15) is 7.85 Å². The van der Waals surface area contributed by atoms with Crippen LogP contribution in [0.15, 0.2) is 0 Å². The van der Waals surface area contributed by atoms with Crippen LogP contribution < -0.4 is 0 Å². The highest BCUT2D eigenvalue weighted by molar-refractivity contribution is 6.11. The van der Waals surface area contributed by atoms with Gasteiger partial charge in [-0.1, -0.05) is 20.8 Å². The molecule has 1 saturated heterocycles. The molecule has 0 amide bonds. The van der Waals surface area contributed by atoms with E-state index in [0.29, 0.717) is 17.8 Å². The average molecular weight is 154 g/mol. The van der Waals surface area contributed by atoms with Gasteiger partial charge in [-0.2, -0.15) is 0 Å². The van der Waals surface area contributed by atoms with Crippen LogP contribution in [0.4, 0.5) is 0 Å². The van der Waals surface area contributed by atoms with Crippen LogP contribution >= 0.6 is 0 Å². The summed E-state index contributed by atoms with van der Waals surface area (Å²) in [6.07, 6.45) is 1.13. The summed E-state index contributed by atoms with van der Waals surface area (Å²) in [7, 11) is 2.18. The minimum atomic E-state index is 0.138. The molecule has 2 heteroatoms. The van der Waals surface area contributed by atoms with Gasteiger partial charge < -0.3 is 4.74 Å². The lowest BCUT2D eigenvalue weighted by atomic mass is 9.77. The number of hydrogen-bond acceptors (Lipinski definition) is 1. The fourth-order valence-electron chi connectivity index (χ4n) is 2.01. The normalized spacial score (nSPS) is 51.5. The molecule has 4 atom stereocenters. The number of rotatable bonds is 1. The molecule has 1 aliphatic heterocycles. The topological polar surface area (TPSA) is 9.23 Å². The molecular formula is C9H19BO. The van der Waals surface area contributed by atoms with Crippen molar-refractivity contribution in [2.75, 3.05) is 0 Å². The first-order valence-corrected chi connectivity index (χ1v) is 4.69. The Bertz CT molecular complexity index is 148. The highest BCUT2D eigenvalue weighted by atomic mass is 16.5. The Morgan fingerprint density at radius 2 is 2.00 bits per heavy atom. The maximum atomic E-state index is 5.92. The van der Waals surface area contributed by atoms with E-state index in [1.54, 1.807) is 0 Å². The largest absolute Gasteiger partial charge is 0.381 e. The van der Waals surface area contributed by atoms with Crippen LogP contribution in [-0.2, 0) is 4.74 Å². The zero-order valence-corrected chi connectivity index (χ0v) is 8.35. The van der Waals surface area contributed by atoms with Gasteiger partial charge in [-0.3, -0.25) is 0 Å². The molecule has 11 heavy (non-hydrogen) atoms. The van der Waals surface area contributed by atoms with Gasteiger partial charge in [-0.25, -0.2) is 0 Å². The van der Waals surface area contributed by atoms with E-state index in [4.69, 9.17) is 4.74 Å². The lowest BCUT2D eigenvalue weighted by Crippen LogP contribution is -2.30. The third kappa shape index (κ3) is 1.33. The van der Waals surface area contributed by atoms with Gasteiger partial charge in [0.25, 0.3) is 0 Å². The van der Waals surface area contributed by atoms with E-state index < -0.39 is 0 Å². The lowest BCUT2D eigenvalue weighted by Gasteiger charge is -2.27. The van der Waals surface area contributed by atoms with E-state index in [0.717, 1.165) is 6.42 Å². The summed E-state index contributed by atoms with van der Waals surface area (Å²) in [5.41, 5.74) is 0.138. The highest BCUT2D eigenvalue weighted by Gasteiger charge is 2.43. The van der Waals surface area contributed by atoms with Crippen molar-refractivity contribution in [2.45, 2.75) is 45.7 Å². The summed E-state index contributed by atoms with van der Waals surface area (Å²) < 4.78 is 5.92. The molecular weight excluding hydrogens is 135 g/mol. The van der Waals surface area contributed by atoms with Crippen molar-refractivity contribution in [3.8, 4) is 0 Å². The Kier molecular flexibility index (Phi) is 2.33. The first-order chi connectivity index (χ1) is 5.01. The summed E-state index contributed by atoms with van der Waals surface area (Å²) in [6, 6.07) is 0.440. The summed E-state index contributed by atoms with van der Waals surface area (Å²) >= 11 is 0. The average Bonchev–Trinajstić information content (AvgIpc) is 2.17. The molecule has 0 aromatic carbocycles. The molecule has 1 aliphatic rings. The summed E-state index contributed by atoms with van der Waals surface area (Å²) in [5.74, 6) is 1.41. The van der Waals surface area contributed by atoms with Crippen LogP contribution in [0.2, 0.25) is 0 Å². The molecule has 1 heterocycles. The van der Waals surface area contributed by atoms with Crippen LogP contribution in [0.5, 0.6) is 0 Å². The predicted molar refractivity (Wildman–Crippen MR) is 50.4 cm³/mol. The molecule has 1 unspecified atom stereocenters. The van der Waals surface area contributed by atoms with E-state index in [1.165, 1.54) is 0 Å². The quantitative estimate of drug-likeness (QED) is 0.519. The third-order valence-corrected chi connectivity index (χ3v) is 3.65. The van der Waals surface area contributed by atoms with Crippen molar-refractivity contribution < 1.29 is 4.74 Å². The van der Waals surface area contributed by atoms with Crippen LogP contribution in [0.25, 0.3) is 0 Å². The molecule has 0 N–H and O–H groups in total. The SMILES string of the molecule is B[C@@H]1O[C@](C)(CC)[C@H](C)C1C. The Balaban J connectivity index is 2.73. The number of ether oxygens (including phenoxy) is 1. The molecule has 0 bridgehead atoms. The van der Waals surface area contributed by atoms with Gasteiger partial charge in [0.2, 0.25) is 0 Å². The fourth-order valence-corrected chi connectivity index (χ4v) is 2.01. The molecule has 0 radical (unpaired) electrons. The summed E-state index contributed by atoms with van der Waals surface area (Å²) in [4.78, 5) is 0. The monoisotopic (exact) mass is 154 g/mol. The number of hydrogen-bond donors (Lipinski definition) is 0. The molecule has 1 nitrogen and oxygen atoms in total. The van der Waals surface area contributed by atoms with Gasteiger partial charge in [0, 0.05) is 6.00 Å². The molecule has 0 aromatic heterocycles. The van der Waals surface area contributed by atoms with Crippen molar-refractivity contribution in [1.29, 1.82) is 0 Å². The zero-order valence-electron chi connectivity index (χ0n) is 8.35. The predicted octanol–water partition coefficient (Wildman–Crippen LogP) is 1.42. The van der Waals surface area contributed by atoms with Gasteiger partial charge >= 0.3 is 0 Å². The Morgan fingerprint density at radius 3 is 2.18 bits per heavy atom. The zero-order chi connectivity index (χ0) is 8.65. The molecule has 1 fully saturated rings. The molecule has 0 aliphatic carbocycles. The third-order valence-electron chi connectivity index (χ3n) is 3.65. The molecule has 0 aromatic rings.